The number of halogens is 4. The standard InChI is InChI=1S/C12H12F4N2/c1-18(5-4-12(14,15)16)8-10-3-2-9(7-17)6-11(10)13/h2-3,6H,4-5,8H2,1H3. The quantitative estimate of drug-likeness (QED) is 0.778. The van der Waals surface area contributed by atoms with Crippen LogP contribution in [-0.4, -0.2) is 24.7 Å². The summed E-state index contributed by atoms with van der Waals surface area (Å²) in [5.41, 5.74) is 0.466. The Labute approximate surface area is 102 Å². The van der Waals surface area contributed by atoms with E-state index in [-0.39, 0.29) is 24.2 Å². The zero-order chi connectivity index (χ0) is 13.8. The molecule has 0 aliphatic carbocycles. The first-order valence-corrected chi connectivity index (χ1v) is 5.25. The molecule has 0 heterocycles. The summed E-state index contributed by atoms with van der Waals surface area (Å²) in [5, 5.41) is 8.56. The molecule has 0 bridgehead atoms. The van der Waals surface area contributed by atoms with Gasteiger partial charge in [-0.1, -0.05) is 6.07 Å². The Morgan fingerprint density at radius 1 is 1.33 bits per heavy atom. The summed E-state index contributed by atoms with van der Waals surface area (Å²) in [6, 6.07) is 5.72. The molecule has 0 amide bonds. The fraction of sp³-hybridized carbons (Fsp3) is 0.417. The van der Waals surface area contributed by atoms with Crippen LogP contribution in [0.25, 0.3) is 0 Å². The van der Waals surface area contributed by atoms with Crippen molar-refractivity contribution in [3.63, 3.8) is 0 Å². The first kappa shape index (κ1) is 14.5. The minimum Gasteiger partial charge on any atom is -0.302 e. The lowest BCUT2D eigenvalue weighted by Crippen LogP contribution is -2.24. The van der Waals surface area contributed by atoms with Crippen molar-refractivity contribution in [3.05, 3.63) is 35.1 Å². The molecule has 0 fully saturated rings. The van der Waals surface area contributed by atoms with Gasteiger partial charge in [-0.15, -0.1) is 0 Å². The van der Waals surface area contributed by atoms with Crippen molar-refractivity contribution in [1.29, 1.82) is 5.26 Å². The molecule has 0 aliphatic rings. The van der Waals surface area contributed by atoms with Crippen LogP contribution in [0.2, 0.25) is 0 Å². The normalized spacial score (nSPS) is 11.6. The van der Waals surface area contributed by atoms with E-state index < -0.39 is 18.4 Å². The molecule has 0 saturated carbocycles. The topological polar surface area (TPSA) is 27.0 Å². The Balaban J connectivity index is 2.60. The van der Waals surface area contributed by atoms with E-state index in [0.717, 1.165) is 6.07 Å². The van der Waals surface area contributed by atoms with E-state index in [2.05, 4.69) is 0 Å². The predicted octanol–water partition coefficient (Wildman–Crippen LogP) is 3.08. The van der Waals surface area contributed by atoms with Crippen LogP contribution in [0.15, 0.2) is 18.2 Å². The van der Waals surface area contributed by atoms with Gasteiger partial charge in [0.25, 0.3) is 0 Å². The first-order chi connectivity index (χ1) is 8.31. The highest BCUT2D eigenvalue weighted by atomic mass is 19.4. The van der Waals surface area contributed by atoms with Crippen LogP contribution >= 0.6 is 0 Å². The van der Waals surface area contributed by atoms with Crippen LogP contribution in [0.5, 0.6) is 0 Å². The van der Waals surface area contributed by atoms with Crippen molar-refractivity contribution in [2.24, 2.45) is 0 Å². The maximum absolute atomic E-state index is 13.5. The minimum absolute atomic E-state index is 0.0770. The fourth-order valence-corrected chi connectivity index (χ4v) is 1.43. The third kappa shape index (κ3) is 4.72. The lowest BCUT2D eigenvalue weighted by Gasteiger charge is -2.18. The predicted molar refractivity (Wildman–Crippen MR) is 58.1 cm³/mol. The minimum atomic E-state index is -4.21. The van der Waals surface area contributed by atoms with Crippen molar-refractivity contribution < 1.29 is 17.6 Å². The molecule has 1 aromatic rings. The molecule has 0 radical (unpaired) electrons. The lowest BCUT2D eigenvalue weighted by molar-refractivity contribution is -0.137. The average molecular weight is 260 g/mol. The summed E-state index contributed by atoms with van der Waals surface area (Å²) in [4.78, 5) is 1.39. The molecule has 0 atom stereocenters. The largest absolute Gasteiger partial charge is 0.390 e. The Morgan fingerprint density at radius 3 is 2.50 bits per heavy atom. The van der Waals surface area contributed by atoms with E-state index in [9.17, 15) is 17.6 Å². The summed E-state index contributed by atoms with van der Waals surface area (Å²) >= 11 is 0. The molecule has 6 heteroatoms. The van der Waals surface area contributed by atoms with Crippen LogP contribution in [-0.2, 0) is 6.54 Å². The van der Waals surface area contributed by atoms with Gasteiger partial charge in [-0.2, -0.15) is 18.4 Å². The number of nitriles is 1. The van der Waals surface area contributed by atoms with Gasteiger partial charge in [-0.25, -0.2) is 4.39 Å². The van der Waals surface area contributed by atoms with Gasteiger partial charge in [0.2, 0.25) is 0 Å². The average Bonchev–Trinajstić information content (AvgIpc) is 2.28. The van der Waals surface area contributed by atoms with Crippen molar-refractivity contribution >= 4 is 0 Å². The summed E-state index contributed by atoms with van der Waals surface area (Å²) in [6.07, 6.45) is -5.14. The maximum Gasteiger partial charge on any atom is 0.390 e. The third-order valence-corrected chi connectivity index (χ3v) is 2.40. The molecule has 1 rings (SSSR count). The maximum atomic E-state index is 13.5. The Hall–Kier alpha value is -1.61. The number of nitrogens with zero attached hydrogens (tertiary/aromatic N) is 2. The molecule has 18 heavy (non-hydrogen) atoms. The van der Waals surface area contributed by atoms with E-state index in [4.69, 9.17) is 5.26 Å². The molecule has 1 aromatic carbocycles. The van der Waals surface area contributed by atoms with Crippen LogP contribution in [0.4, 0.5) is 17.6 Å². The summed E-state index contributed by atoms with van der Waals surface area (Å²) < 4.78 is 49.5. The SMILES string of the molecule is CN(CCC(F)(F)F)Cc1ccc(C#N)cc1F. The zero-order valence-corrected chi connectivity index (χ0v) is 9.76. The fourth-order valence-electron chi connectivity index (χ4n) is 1.43. The van der Waals surface area contributed by atoms with Gasteiger partial charge >= 0.3 is 6.18 Å². The van der Waals surface area contributed by atoms with Crippen LogP contribution < -0.4 is 0 Å². The Bertz CT molecular complexity index is 448. The monoisotopic (exact) mass is 260 g/mol. The molecule has 0 spiro atoms. The van der Waals surface area contributed by atoms with E-state index in [1.165, 1.54) is 24.1 Å². The molecule has 0 unspecified atom stereocenters. The second-order valence-corrected chi connectivity index (χ2v) is 4.02. The zero-order valence-electron chi connectivity index (χ0n) is 9.76. The smallest absolute Gasteiger partial charge is 0.302 e. The summed E-state index contributed by atoms with van der Waals surface area (Å²) in [6.45, 7) is -0.115. The van der Waals surface area contributed by atoms with Crippen LogP contribution in [0, 0.1) is 17.1 Å². The lowest BCUT2D eigenvalue weighted by atomic mass is 10.1. The van der Waals surface area contributed by atoms with Crippen LogP contribution in [0.1, 0.15) is 17.5 Å². The molecular formula is C12H12F4N2. The third-order valence-electron chi connectivity index (χ3n) is 2.40. The molecule has 0 aliphatic heterocycles. The van der Waals surface area contributed by atoms with Gasteiger partial charge in [0.15, 0.2) is 0 Å². The van der Waals surface area contributed by atoms with E-state index in [1.807, 2.05) is 0 Å². The summed E-state index contributed by atoms with van der Waals surface area (Å²) in [7, 11) is 1.49. The highest BCUT2D eigenvalue weighted by Gasteiger charge is 2.27. The number of rotatable bonds is 4. The van der Waals surface area contributed by atoms with E-state index in [1.54, 1.807) is 6.07 Å². The molecule has 98 valence electrons. The van der Waals surface area contributed by atoms with Gasteiger partial charge in [0.05, 0.1) is 18.1 Å². The number of alkyl halides is 3. The van der Waals surface area contributed by atoms with Crippen molar-refractivity contribution in [2.45, 2.75) is 19.1 Å². The van der Waals surface area contributed by atoms with E-state index >= 15 is 0 Å². The number of benzene rings is 1. The molecule has 2 nitrogen and oxygen atoms in total. The highest BCUT2D eigenvalue weighted by Crippen LogP contribution is 2.20. The number of hydrogen-bond donors (Lipinski definition) is 0. The van der Waals surface area contributed by atoms with Gasteiger partial charge in [0, 0.05) is 18.7 Å². The Kier molecular flexibility index (Phi) is 4.68. The molecular weight excluding hydrogens is 248 g/mol. The number of hydrogen-bond acceptors (Lipinski definition) is 2. The molecule has 0 N–H and O–H groups in total. The van der Waals surface area contributed by atoms with Gasteiger partial charge < -0.3 is 4.90 Å². The second-order valence-electron chi connectivity index (χ2n) is 4.02. The van der Waals surface area contributed by atoms with Crippen molar-refractivity contribution in [3.8, 4) is 6.07 Å². The highest BCUT2D eigenvalue weighted by molar-refractivity contribution is 5.32. The molecule has 0 saturated heterocycles. The second kappa shape index (κ2) is 5.83. The Morgan fingerprint density at radius 2 is 2.00 bits per heavy atom. The summed E-state index contributed by atoms with van der Waals surface area (Å²) in [5.74, 6) is -0.576. The molecule has 0 aromatic heterocycles. The first-order valence-electron chi connectivity index (χ1n) is 5.25. The van der Waals surface area contributed by atoms with E-state index in [0.29, 0.717) is 0 Å². The van der Waals surface area contributed by atoms with Gasteiger partial charge in [-0.05, 0) is 19.2 Å². The van der Waals surface area contributed by atoms with Crippen LogP contribution in [0.3, 0.4) is 0 Å². The van der Waals surface area contributed by atoms with Gasteiger partial charge in [-0.3, -0.25) is 0 Å². The van der Waals surface area contributed by atoms with Gasteiger partial charge in [0.1, 0.15) is 5.82 Å². The van der Waals surface area contributed by atoms with Crippen molar-refractivity contribution in [2.75, 3.05) is 13.6 Å². The van der Waals surface area contributed by atoms with Crippen molar-refractivity contribution in [1.82, 2.24) is 4.90 Å².